The maximum Gasteiger partial charge on any atom is 0.182 e. The van der Waals surface area contributed by atoms with Crippen molar-refractivity contribution in [3.8, 4) is 11.3 Å². The number of benzene rings is 1. The van der Waals surface area contributed by atoms with Crippen molar-refractivity contribution in [1.82, 2.24) is 20.2 Å². The van der Waals surface area contributed by atoms with Crippen molar-refractivity contribution in [3.05, 3.63) is 70.9 Å². The van der Waals surface area contributed by atoms with Gasteiger partial charge in [0.1, 0.15) is 17.3 Å². The number of hydrogen-bond donors (Lipinski definition) is 0. The van der Waals surface area contributed by atoms with E-state index in [0.29, 0.717) is 12.1 Å². The normalized spacial score (nSPS) is 22.1. The van der Waals surface area contributed by atoms with E-state index in [1.807, 2.05) is 0 Å². The largest absolute Gasteiger partial charge is 0.292 e. The summed E-state index contributed by atoms with van der Waals surface area (Å²) in [5.74, 6) is -1.18. The zero-order valence-corrected chi connectivity index (χ0v) is 19.7. The molecular weight excluding hydrogens is 434 g/mol. The van der Waals surface area contributed by atoms with Gasteiger partial charge in [-0.15, -0.1) is 5.10 Å². The van der Waals surface area contributed by atoms with E-state index < -0.39 is 17.0 Å². The average Bonchev–Trinajstić information content (AvgIpc) is 3.20. The monoisotopic (exact) mass is 462 g/mol. The van der Waals surface area contributed by atoms with Crippen LogP contribution in [0.25, 0.3) is 11.3 Å². The molecule has 2 atom stereocenters. The highest BCUT2D eigenvalue weighted by Gasteiger charge is 2.65. The van der Waals surface area contributed by atoms with Crippen molar-refractivity contribution >= 4 is 5.78 Å². The van der Waals surface area contributed by atoms with Crippen molar-refractivity contribution in [1.29, 1.82) is 0 Å². The predicted octanol–water partition coefficient (Wildman–Crippen LogP) is 6.18. The van der Waals surface area contributed by atoms with Crippen LogP contribution in [0.3, 0.4) is 0 Å². The minimum absolute atomic E-state index is 0.00114. The molecule has 2 aliphatic carbocycles. The van der Waals surface area contributed by atoms with E-state index in [4.69, 9.17) is 4.98 Å². The van der Waals surface area contributed by atoms with Crippen LogP contribution in [0.5, 0.6) is 0 Å². The summed E-state index contributed by atoms with van der Waals surface area (Å²) in [6, 6.07) is 5.57. The highest BCUT2D eigenvalue weighted by molar-refractivity contribution is 5.94. The number of rotatable bonds is 7. The molecule has 5 rings (SSSR count). The minimum Gasteiger partial charge on any atom is -0.292 e. The highest BCUT2D eigenvalue weighted by atomic mass is 19.1. The molecule has 1 fully saturated rings. The molecule has 3 aromatic rings. The number of ketones is 1. The molecule has 2 aromatic heterocycles. The summed E-state index contributed by atoms with van der Waals surface area (Å²) in [6.07, 6.45) is 8.32. The Morgan fingerprint density at radius 3 is 2.62 bits per heavy atom. The van der Waals surface area contributed by atoms with Gasteiger partial charge in [0.25, 0.3) is 0 Å². The fourth-order valence-corrected chi connectivity index (χ4v) is 6.13. The fraction of sp³-hybridized carbons (Fsp3) is 0.444. The van der Waals surface area contributed by atoms with Gasteiger partial charge < -0.3 is 0 Å². The molecule has 0 unspecified atom stereocenters. The number of nitrogens with zero attached hydrogens (tertiary/aromatic N) is 4. The van der Waals surface area contributed by atoms with Crippen LogP contribution in [-0.4, -0.2) is 25.9 Å². The molecule has 0 saturated heterocycles. The molecule has 2 bridgehead atoms. The number of halogens is 2. The average molecular weight is 463 g/mol. The lowest BCUT2D eigenvalue weighted by Gasteiger charge is -2.37. The molecule has 34 heavy (non-hydrogen) atoms. The quantitative estimate of drug-likeness (QED) is 0.310. The van der Waals surface area contributed by atoms with E-state index in [9.17, 15) is 13.6 Å². The van der Waals surface area contributed by atoms with Crippen LogP contribution >= 0.6 is 0 Å². The molecule has 0 aliphatic heterocycles. The lowest BCUT2D eigenvalue weighted by atomic mass is 9.66. The molecule has 176 valence electrons. The Bertz CT molecular complexity index is 1250. The molecule has 0 radical (unpaired) electrons. The summed E-state index contributed by atoms with van der Waals surface area (Å²) in [5, 5.41) is 8.80. The molecule has 2 heterocycles. The SMILES string of the molecule is CCCCCC(=O)c1cncc([C@@]23CC[C@@H](c4cc(-c5c(F)cccc5F)nnc42)C3(C)C)n1. The zero-order valence-electron chi connectivity index (χ0n) is 19.7. The number of hydrogen-bond acceptors (Lipinski definition) is 5. The Labute approximate surface area is 198 Å². The number of unbranched alkanes of at least 4 members (excludes halogenated alkanes) is 2. The Hall–Kier alpha value is -3.09. The Kier molecular flexibility index (Phi) is 5.53. The number of Topliss-reactive ketones (excluding diaryl/α,β-unsaturated/α-hetero) is 1. The summed E-state index contributed by atoms with van der Waals surface area (Å²) < 4.78 is 28.9. The van der Waals surface area contributed by atoms with Gasteiger partial charge in [-0.25, -0.2) is 13.8 Å². The predicted molar refractivity (Wildman–Crippen MR) is 124 cm³/mol. The van der Waals surface area contributed by atoms with Gasteiger partial charge in [-0.3, -0.25) is 9.78 Å². The Balaban J connectivity index is 1.59. The van der Waals surface area contributed by atoms with Gasteiger partial charge in [-0.1, -0.05) is 39.7 Å². The second-order valence-corrected chi connectivity index (χ2v) is 10.0. The first kappa shape index (κ1) is 22.7. The van der Waals surface area contributed by atoms with Crippen molar-refractivity contribution in [2.75, 3.05) is 0 Å². The van der Waals surface area contributed by atoms with Crippen LogP contribution < -0.4 is 0 Å². The van der Waals surface area contributed by atoms with E-state index in [1.165, 1.54) is 18.2 Å². The minimum atomic E-state index is -0.661. The third-order valence-corrected chi connectivity index (χ3v) is 7.97. The summed E-state index contributed by atoms with van der Waals surface area (Å²) in [6.45, 7) is 6.45. The molecule has 2 aliphatic rings. The van der Waals surface area contributed by atoms with Gasteiger partial charge in [-0.05, 0) is 54.4 Å². The molecule has 7 heteroatoms. The summed E-state index contributed by atoms with van der Waals surface area (Å²) in [7, 11) is 0. The summed E-state index contributed by atoms with van der Waals surface area (Å²) in [4.78, 5) is 22.0. The van der Waals surface area contributed by atoms with E-state index in [1.54, 1.807) is 18.5 Å². The molecule has 0 spiro atoms. The summed E-state index contributed by atoms with van der Waals surface area (Å²) >= 11 is 0. The molecule has 0 N–H and O–H groups in total. The van der Waals surface area contributed by atoms with Crippen molar-refractivity contribution in [2.45, 2.75) is 70.6 Å². The third kappa shape index (κ3) is 3.20. The molecule has 5 nitrogen and oxygen atoms in total. The lowest BCUT2D eigenvalue weighted by molar-refractivity contribution is 0.0973. The van der Waals surface area contributed by atoms with Gasteiger partial charge >= 0.3 is 0 Å². The maximum absolute atomic E-state index is 14.4. The smallest absolute Gasteiger partial charge is 0.182 e. The van der Waals surface area contributed by atoms with Crippen LogP contribution in [0.1, 0.15) is 92.7 Å². The molecule has 0 amide bonds. The number of aromatic nitrogens is 4. The van der Waals surface area contributed by atoms with Gasteiger partial charge in [-0.2, -0.15) is 5.10 Å². The van der Waals surface area contributed by atoms with Crippen LogP contribution in [0.15, 0.2) is 36.7 Å². The van der Waals surface area contributed by atoms with Gasteiger partial charge in [0.15, 0.2) is 5.78 Å². The van der Waals surface area contributed by atoms with Crippen molar-refractivity contribution < 1.29 is 13.6 Å². The maximum atomic E-state index is 14.4. The first-order chi connectivity index (χ1) is 16.3. The lowest BCUT2D eigenvalue weighted by Crippen LogP contribution is -2.38. The van der Waals surface area contributed by atoms with Crippen LogP contribution in [0.2, 0.25) is 0 Å². The van der Waals surface area contributed by atoms with Crippen LogP contribution in [0, 0.1) is 17.0 Å². The number of fused-ring (bicyclic) bond motifs is 5. The second-order valence-electron chi connectivity index (χ2n) is 10.0. The zero-order chi connectivity index (χ0) is 24.1. The van der Waals surface area contributed by atoms with Crippen LogP contribution in [0.4, 0.5) is 8.78 Å². The highest BCUT2D eigenvalue weighted by Crippen LogP contribution is 2.69. The van der Waals surface area contributed by atoms with Crippen LogP contribution in [-0.2, 0) is 5.41 Å². The molecular formula is C27H28F2N4O. The van der Waals surface area contributed by atoms with Crippen molar-refractivity contribution in [3.63, 3.8) is 0 Å². The van der Waals surface area contributed by atoms with E-state index in [0.717, 1.165) is 49.1 Å². The molecule has 1 aromatic carbocycles. The Morgan fingerprint density at radius 1 is 1.12 bits per heavy atom. The van der Waals surface area contributed by atoms with Crippen molar-refractivity contribution in [2.24, 2.45) is 5.41 Å². The fourth-order valence-electron chi connectivity index (χ4n) is 6.13. The topological polar surface area (TPSA) is 68.6 Å². The van der Waals surface area contributed by atoms with E-state index in [-0.39, 0.29) is 28.4 Å². The first-order valence-corrected chi connectivity index (χ1v) is 12.0. The first-order valence-electron chi connectivity index (χ1n) is 12.0. The summed E-state index contributed by atoms with van der Waals surface area (Å²) in [5.41, 5.74) is 2.04. The Morgan fingerprint density at radius 2 is 1.88 bits per heavy atom. The van der Waals surface area contributed by atoms with E-state index >= 15 is 0 Å². The third-order valence-electron chi connectivity index (χ3n) is 7.97. The van der Waals surface area contributed by atoms with Gasteiger partial charge in [0.05, 0.1) is 34.3 Å². The standard InChI is InChI=1S/C27H28F2N4O/c1-4-5-6-10-22(34)21-14-30-15-23(31-21)27-12-11-17(26(27,2)3)16-13-20(32-33-25(16)27)24-18(28)8-7-9-19(24)29/h7-9,13-15,17H,4-6,10-12H2,1-3H3/t17-,27-/m0/s1. The number of carbonyl (C=O) groups excluding carboxylic acids is 1. The molecule has 1 saturated carbocycles. The van der Waals surface area contributed by atoms with Gasteiger partial charge in [0.2, 0.25) is 0 Å². The van der Waals surface area contributed by atoms with E-state index in [2.05, 4.69) is 36.0 Å². The second kappa shape index (κ2) is 8.29. The van der Waals surface area contributed by atoms with Gasteiger partial charge in [0, 0.05) is 12.6 Å². The number of carbonyl (C=O) groups is 1.